The van der Waals surface area contributed by atoms with Gasteiger partial charge in [-0.25, -0.2) is 4.68 Å². The number of amides is 1. The number of alkyl halides is 3. The maximum Gasteiger partial charge on any atom is 0.438 e. The molecule has 1 aromatic carbocycles. The molecule has 3 rings (SSSR count). The second kappa shape index (κ2) is 7.51. The Morgan fingerprint density at radius 1 is 1.28 bits per heavy atom. The maximum atomic E-state index is 13.3. The predicted molar refractivity (Wildman–Crippen MR) is 98.3 cm³/mol. The third-order valence-corrected chi connectivity index (χ3v) is 4.54. The standard InChI is InChI=1S/C19H21F3N4O3/c1-12(2)14-4-6-15(7-5-14)29-11-25-9-8-16(24-25)17(27)26-18(28,19(20,21)22)10-13(3)23-26/h4-9,12,28H,10-11H2,1-3H3. The number of hydrazone groups is 1. The Bertz CT molecular complexity index is 922. The molecule has 7 nitrogen and oxygen atoms in total. The van der Waals surface area contributed by atoms with Crippen LogP contribution in [0.15, 0.2) is 41.6 Å². The number of hydrogen-bond donors (Lipinski definition) is 1. The van der Waals surface area contributed by atoms with Gasteiger partial charge in [-0.1, -0.05) is 26.0 Å². The molecule has 0 radical (unpaired) electrons. The Balaban J connectivity index is 1.70. The highest BCUT2D eigenvalue weighted by Gasteiger charge is 2.63. The second-order valence-electron chi connectivity index (χ2n) is 7.18. The third kappa shape index (κ3) is 4.12. The minimum absolute atomic E-state index is 0.00853. The van der Waals surface area contributed by atoms with E-state index in [2.05, 4.69) is 24.0 Å². The summed E-state index contributed by atoms with van der Waals surface area (Å²) in [5.41, 5.74) is -2.52. The van der Waals surface area contributed by atoms with Gasteiger partial charge in [0.25, 0.3) is 11.6 Å². The van der Waals surface area contributed by atoms with E-state index in [1.165, 1.54) is 23.9 Å². The van der Waals surface area contributed by atoms with Gasteiger partial charge in [-0.05, 0) is 36.6 Å². The first-order chi connectivity index (χ1) is 13.5. The van der Waals surface area contributed by atoms with Crippen LogP contribution in [0.4, 0.5) is 13.2 Å². The fourth-order valence-corrected chi connectivity index (χ4v) is 2.90. The molecule has 0 spiro atoms. The van der Waals surface area contributed by atoms with Gasteiger partial charge in [0, 0.05) is 18.3 Å². The second-order valence-corrected chi connectivity index (χ2v) is 7.18. The molecule has 1 aliphatic rings. The minimum atomic E-state index is -5.06. The van der Waals surface area contributed by atoms with Crippen LogP contribution in [0, 0.1) is 0 Å². The number of carbonyl (C=O) groups excluding carboxylic acids is 1. The number of rotatable bonds is 5. The monoisotopic (exact) mass is 410 g/mol. The van der Waals surface area contributed by atoms with E-state index in [4.69, 9.17) is 4.74 Å². The molecule has 156 valence electrons. The summed E-state index contributed by atoms with van der Waals surface area (Å²) in [5, 5.41) is 17.6. The largest absolute Gasteiger partial charge is 0.471 e. The molecule has 29 heavy (non-hydrogen) atoms. The molecule has 1 aromatic heterocycles. The van der Waals surface area contributed by atoms with Gasteiger partial charge in [0.15, 0.2) is 12.4 Å². The molecule has 0 saturated carbocycles. The van der Waals surface area contributed by atoms with E-state index in [1.54, 1.807) is 12.1 Å². The van der Waals surface area contributed by atoms with Crippen LogP contribution >= 0.6 is 0 Å². The first-order valence-corrected chi connectivity index (χ1v) is 8.95. The molecular weight excluding hydrogens is 389 g/mol. The lowest BCUT2D eigenvalue weighted by molar-refractivity contribution is -0.297. The third-order valence-electron chi connectivity index (χ3n) is 4.54. The van der Waals surface area contributed by atoms with E-state index in [9.17, 15) is 23.1 Å². The van der Waals surface area contributed by atoms with Crippen LogP contribution in [0.5, 0.6) is 5.75 Å². The number of carbonyl (C=O) groups is 1. The van der Waals surface area contributed by atoms with Crippen molar-refractivity contribution in [2.75, 3.05) is 0 Å². The van der Waals surface area contributed by atoms with E-state index < -0.39 is 24.2 Å². The quantitative estimate of drug-likeness (QED) is 0.818. The summed E-state index contributed by atoms with van der Waals surface area (Å²) in [7, 11) is 0. The molecule has 0 fully saturated rings. The fourth-order valence-electron chi connectivity index (χ4n) is 2.90. The first kappa shape index (κ1) is 20.8. The van der Waals surface area contributed by atoms with E-state index in [0.29, 0.717) is 11.7 Å². The molecule has 1 atom stereocenters. The lowest BCUT2D eigenvalue weighted by Crippen LogP contribution is -2.56. The number of halogens is 3. The first-order valence-electron chi connectivity index (χ1n) is 8.95. The van der Waals surface area contributed by atoms with E-state index in [1.807, 2.05) is 12.1 Å². The normalized spacial score (nSPS) is 19.6. The van der Waals surface area contributed by atoms with Crippen molar-refractivity contribution in [3.8, 4) is 5.75 Å². The van der Waals surface area contributed by atoms with Crippen LogP contribution in [0.2, 0.25) is 0 Å². The fraction of sp³-hybridized carbons (Fsp3) is 0.421. The summed E-state index contributed by atoms with van der Waals surface area (Å²) >= 11 is 0. The van der Waals surface area contributed by atoms with Gasteiger partial charge in [0.05, 0.1) is 0 Å². The van der Waals surface area contributed by atoms with Crippen molar-refractivity contribution in [2.24, 2.45) is 5.10 Å². The van der Waals surface area contributed by atoms with Crippen molar-refractivity contribution in [3.63, 3.8) is 0 Å². The number of benzene rings is 1. The molecular formula is C19H21F3N4O3. The molecule has 1 N–H and O–H groups in total. The highest BCUT2D eigenvalue weighted by Crippen LogP contribution is 2.40. The zero-order valence-corrected chi connectivity index (χ0v) is 16.1. The average molecular weight is 410 g/mol. The van der Waals surface area contributed by atoms with Gasteiger partial charge in [0.2, 0.25) is 0 Å². The zero-order valence-electron chi connectivity index (χ0n) is 16.1. The number of nitrogens with zero attached hydrogens (tertiary/aromatic N) is 4. The topological polar surface area (TPSA) is 80.0 Å². The van der Waals surface area contributed by atoms with E-state index in [0.717, 1.165) is 5.56 Å². The van der Waals surface area contributed by atoms with Crippen LogP contribution in [0.1, 0.15) is 49.2 Å². The van der Waals surface area contributed by atoms with Crippen molar-refractivity contribution in [1.82, 2.24) is 14.8 Å². The van der Waals surface area contributed by atoms with Gasteiger partial charge in [0.1, 0.15) is 5.75 Å². The molecule has 1 unspecified atom stereocenters. The van der Waals surface area contributed by atoms with Crippen LogP contribution in [0.3, 0.4) is 0 Å². The van der Waals surface area contributed by atoms with Gasteiger partial charge in [-0.3, -0.25) is 4.79 Å². The predicted octanol–water partition coefficient (Wildman–Crippen LogP) is 3.52. The summed E-state index contributed by atoms with van der Waals surface area (Å²) in [6.07, 6.45) is -4.47. The number of aromatic nitrogens is 2. The Morgan fingerprint density at radius 2 is 1.93 bits per heavy atom. The molecule has 0 aliphatic carbocycles. The van der Waals surface area contributed by atoms with E-state index in [-0.39, 0.29) is 23.1 Å². The lowest BCUT2D eigenvalue weighted by Gasteiger charge is -2.32. The van der Waals surface area contributed by atoms with Crippen LogP contribution < -0.4 is 4.74 Å². The summed E-state index contributed by atoms with van der Waals surface area (Å²) in [4.78, 5) is 12.5. The number of ether oxygens (including phenoxy) is 1. The van der Waals surface area contributed by atoms with Crippen LogP contribution in [-0.2, 0) is 6.73 Å². The smallest absolute Gasteiger partial charge is 0.438 e. The lowest BCUT2D eigenvalue weighted by atomic mass is 10.0. The SMILES string of the molecule is CC1=NN(C(=O)c2ccn(COc3ccc(C(C)C)cc3)n2)C(O)(C(F)(F)F)C1. The Kier molecular flexibility index (Phi) is 5.40. The molecule has 2 heterocycles. The Morgan fingerprint density at radius 3 is 2.52 bits per heavy atom. The summed E-state index contributed by atoms with van der Waals surface area (Å²) < 4.78 is 46.7. The maximum absolute atomic E-state index is 13.3. The van der Waals surface area contributed by atoms with Gasteiger partial charge in [-0.15, -0.1) is 0 Å². The van der Waals surface area contributed by atoms with Crippen molar-refractivity contribution in [1.29, 1.82) is 0 Å². The highest BCUT2D eigenvalue weighted by atomic mass is 19.4. The van der Waals surface area contributed by atoms with Crippen molar-refractivity contribution < 1.29 is 27.8 Å². The van der Waals surface area contributed by atoms with Crippen LogP contribution in [0.25, 0.3) is 0 Å². The summed E-state index contributed by atoms with van der Waals surface area (Å²) in [6.45, 7) is 5.41. The van der Waals surface area contributed by atoms with Crippen LogP contribution in [-0.4, -0.2) is 43.4 Å². The Hall–Kier alpha value is -2.88. The number of hydrogen-bond acceptors (Lipinski definition) is 5. The highest BCUT2D eigenvalue weighted by molar-refractivity contribution is 5.96. The molecule has 2 aromatic rings. The molecule has 1 aliphatic heterocycles. The van der Waals surface area contributed by atoms with Crippen molar-refractivity contribution in [2.45, 2.75) is 51.7 Å². The van der Waals surface area contributed by atoms with Gasteiger partial charge < -0.3 is 9.84 Å². The van der Waals surface area contributed by atoms with E-state index >= 15 is 0 Å². The Labute approximate surface area is 165 Å². The van der Waals surface area contributed by atoms with Crippen molar-refractivity contribution >= 4 is 11.6 Å². The molecule has 1 amide bonds. The zero-order chi connectivity index (χ0) is 21.4. The van der Waals surface area contributed by atoms with Gasteiger partial charge >= 0.3 is 6.18 Å². The molecule has 0 bridgehead atoms. The number of aliphatic hydroxyl groups is 1. The average Bonchev–Trinajstić information content (AvgIpc) is 3.24. The molecule has 0 saturated heterocycles. The summed E-state index contributed by atoms with van der Waals surface area (Å²) in [5.74, 6) is -0.179. The van der Waals surface area contributed by atoms with Crippen molar-refractivity contribution in [3.05, 3.63) is 47.8 Å². The molecule has 10 heteroatoms. The minimum Gasteiger partial charge on any atom is -0.471 e. The van der Waals surface area contributed by atoms with Gasteiger partial charge in [-0.2, -0.15) is 28.4 Å². The summed E-state index contributed by atoms with van der Waals surface area (Å²) in [6, 6.07) is 8.72.